The Kier molecular flexibility index (Phi) is 2.02. The molecule has 0 aliphatic heterocycles. The monoisotopic (exact) mass is 243 g/mol. The van der Waals surface area contributed by atoms with Crippen molar-refractivity contribution in [2.45, 2.75) is 43.9 Å². The van der Waals surface area contributed by atoms with Crippen molar-refractivity contribution in [1.29, 1.82) is 0 Å². The number of hydrogen-bond donors (Lipinski definition) is 1. The van der Waals surface area contributed by atoms with Gasteiger partial charge in [0.05, 0.1) is 0 Å². The first kappa shape index (κ1) is 10.4. The lowest BCUT2D eigenvalue weighted by molar-refractivity contribution is 0.112. The number of rotatable bonds is 1. The molecule has 0 spiro atoms. The minimum absolute atomic E-state index is 0.184. The van der Waals surface area contributed by atoms with E-state index in [9.17, 15) is 5.11 Å². The van der Waals surface area contributed by atoms with Crippen LogP contribution in [0.2, 0.25) is 0 Å². The van der Waals surface area contributed by atoms with Crippen LogP contribution in [0.15, 0.2) is 22.6 Å². The minimum atomic E-state index is 0.184. The highest BCUT2D eigenvalue weighted by atomic mass is 16.4. The molecule has 0 atom stereocenters. The molecule has 2 aromatic rings. The molecule has 3 saturated carbocycles. The number of aromatic nitrogens is 1. The Morgan fingerprint density at radius 2 is 1.89 bits per heavy atom. The van der Waals surface area contributed by atoms with Gasteiger partial charge in [-0.1, -0.05) is 0 Å². The van der Waals surface area contributed by atoms with Crippen LogP contribution in [-0.2, 0) is 5.41 Å². The summed E-state index contributed by atoms with van der Waals surface area (Å²) in [5.41, 5.74) is 1.76. The van der Waals surface area contributed by atoms with E-state index in [0.29, 0.717) is 5.58 Å². The van der Waals surface area contributed by atoms with Crippen molar-refractivity contribution < 1.29 is 9.52 Å². The Morgan fingerprint density at radius 3 is 2.61 bits per heavy atom. The van der Waals surface area contributed by atoms with Gasteiger partial charge in [0.1, 0.15) is 11.3 Å². The third-order valence-electron chi connectivity index (χ3n) is 4.92. The molecular weight excluding hydrogens is 226 g/mol. The number of aromatic hydroxyl groups is 1. The fourth-order valence-electron chi connectivity index (χ4n) is 3.71. The zero-order valence-corrected chi connectivity index (χ0v) is 10.4. The van der Waals surface area contributed by atoms with Gasteiger partial charge in [0.25, 0.3) is 0 Å². The summed E-state index contributed by atoms with van der Waals surface area (Å²) < 4.78 is 5.94. The number of phenolic OH excluding ortho intramolecular Hbond substituents is 1. The summed E-state index contributed by atoms with van der Waals surface area (Å²) in [4.78, 5) is 4.67. The first-order chi connectivity index (χ1) is 8.75. The number of benzene rings is 1. The summed E-state index contributed by atoms with van der Waals surface area (Å²) in [6.45, 7) is 0. The Balaban J connectivity index is 1.81. The average Bonchev–Trinajstić information content (AvgIpc) is 2.84. The van der Waals surface area contributed by atoms with Gasteiger partial charge in [0.2, 0.25) is 5.89 Å². The van der Waals surface area contributed by atoms with Crippen molar-refractivity contribution in [3.05, 3.63) is 24.1 Å². The van der Waals surface area contributed by atoms with Gasteiger partial charge in [-0.15, -0.1) is 0 Å². The molecule has 1 heterocycles. The Morgan fingerprint density at radius 1 is 1.17 bits per heavy atom. The standard InChI is InChI=1S/C15H17NO2/c17-11-1-2-12-13(9-11)18-14(16-12)15-6-3-10(4-7-15)5-8-15/h1-2,9-10,17H,3-8H2. The van der Waals surface area contributed by atoms with E-state index >= 15 is 0 Å². The number of oxazole rings is 1. The normalized spacial score (nSPS) is 31.0. The molecule has 2 bridgehead atoms. The third-order valence-corrected chi connectivity index (χ3v) is 4.92. The molecule has 3 nitrogen and oxygen atoms in total. The smallest absolute Gasteiger partial charge is 0.201 e. The fraction of sp³-hybridized carbons (Fsp3) is 0.533. The molecule has 0 unspecified atom stereocenters. The van der Waals surface area contributed by atoms with Crippen LogP contribution in [0.4, 0.5) is 0 Å². The lowest BCUT2D eigenvalue weighted by Crippen LogP contribution is -2.37. The van der Waals surface area contributed by atoms with Crippen LogP contribution in [0, 0.1) is 5.92 Å². The molecular formula is C15H17NO2. The van der Waals surface area contributed by atoms with Crippen molar-refractivity contribution >= 4 is 11.1 Å². The zero-order valence-electron chi connectivity index (χ0n) is 10.4. The van der Waals surface area contributed by atoms with Crippen molar-refractivity contribution in [2.24, 2.45) is 5.92 Å². The maximum absolute atomic E-state index is 9.49. The second-order valence-corrected chi connectivity index (χ2v) is 5.93. The van der Waals surface area contributed by atoms with Crippen molar-refractivity contribution in [3.63, 3.8) is 0 Å². The molecule has 0 radical (unpaired) electrons. The predicted octanol–water partition coefficient (Wildman–Crippen LogP) is 3.76. The molecule has 3 heteroatoms. The van der Waals surface area contributed by atoms with Crippen LogP contribution >= 0.6 is 0 Å². The molecule has 0 saturated heterocycles. The summed E-state index contributed by atoms with van der Waals surface area (Å²) in [7, 11) is 0. The van der Waals surface area contributed by atoms with E-state index in [2.05, 4.69) is 4.98 Å². The van der Waals surface area contributed by atoms with Gasteiger partial charge in [-0.3, -0.25) is 0 Å². The number of nitrogens with zero attached hydrogens (tertiary/aromatic N) is 1. The quantitative estimate of drug-likeness (QED) is 0.829. The molecule has 1 N–H and O–H groups in total. The molecule has 3 aliphatic carbocycles. The van der Waals surface area contributed by atoms with Crippen LogP contribution in [-0.4, -0.2) is 10.1 Å². The molecule has 1 aromatic heterocycles. The van der Waals surface area contributed by atoms with Gasteiger partial charge < -0.3 is 9.52 Å². The maximum Gasteiger partial charge on any atom is 0.201 e. The maximum atomic E-state index is 9.49. The molecule has 18 heavy (non-hydrogen) atoms. The molecule has 94 valence electrons. The van der Waals surface area contributed by atoms with E-state index in [1.165, 1.54) is 38.5 Å². The van der Waals surface area contributed by atoms with Crippen molar-refractivity contribution in [1.82, 2.24) is 4.98 Å². The van der Waals surface area contributed by atoms with Crippen molar-refractivity contribution in [2.75, 3.05) is 0 Å². The van der Waals surface area contributed by atoms with E-state index in [4.69, 9.17) is 4.42 Å². The lowest BCUT2D eigenvalue weighted by atomic mass is 9.60. The Bertz CT molecular complexity index is 580. The second kappa shape index (κ2) is 3.50. The zero-order chi connectivity index (χ0) is 12.2. The summed E-state index contributed by atoms with van der Waals surface area (Å²) in [5.74, 6) is 2.09. The molecule has 1 aromatic carbocycles. The van der Waals surface area contributed by atoms with Gasteiger partial charge in [0.15, 0.2) is 5.58 Å². The van der Waals surface area contributed by atoms with Crippen LogP contribution in [0.5, 0.6) is 5.75 Å². The predicted molar refractivity (Wildman–Crippen MR) is 68.5 cm³/mol. The largest absolute Gasteiger partial charge is 0.508 e. The van der Waals surface area contributed by atoms with Crippen molar-refractivity contribution in [3.8, 4) is 5.75 Å². The topological polar surface area (TPSA) is 46.3 Å². The van der Waals surface area contributed by atoms with Crippen LogP contribution in [0.3, 0.4) is 0 Å². The average molecular weight is 243 g/mol. The molecule has 5 rings (SSSR count). The summed E-state index contributed by atoms with van der Waals surface area (Å²) in [5, 5.41) is 9.49. The number of fused-ring (bicyclic) bond motifs is 4. The van der Waals surface area contributed by atoms with Crippen LogP contribution in [0.1, 0.15) is 44.4 Å². The van der Waals surface area contributed by atoms with Gasteiger partial charge in [0, 0.05) is 11.5 Å². The summed E-state index contributed by atoms with van der Waals surface area (Å²) >= 11 is 0. The first-order valence-corrected chi connectivity index (χ1v) is 6.85. The van der Waals surface area contributed by atoms with E-state index in [-0.39, 0.29) is 11.2 Å². The lowest BCUT2D eigenvalue weighted by Gasteiger charge is -2.44. The van der Waals surface area contributed by atoms with Gasteiger partial charge in [-0.25, -0.2) is 4.98 Å². The second-order valence-electron chi connectivity index (χ2n) is 5.93. The highest BCUT2D eigenvalue weighted by Gasteiger charge is 2.44. The minimum Gasteiger partial charge on any atom is -0.508 e. The van der Waals surface area contributed by atoms with E-state index in [1.807, 2.05) is 6.07 Å². The van der Waals surface area contributed by atoms with E-state index in [1.54, 1.807) is 12.1 Å². The summed E-state index contributed by atoms with van der Waals surface area (Å²) in [6, 6.07) is 5.17. The molecule has 3 fully saturated rings. The van der Waals surface area contributed by atoms with E-state index in [0.717, 1.165) is 17.3 Å². The first-order valence-electron chi connectivity index (χ1n) is 6.85. The number of hydrogen-bond acceptors (Lipinski definition) is 3. The third kappa shape index (κ3) is 1.39. The fourth-order valence-corrected chi connectivity index (χ4v) is 3.71. The van der Waals surface area contributed by atoms with Gasteiger partial charge in [-0.05, 0) is 56.6 Å². The highest BCUT2D eigenvalue weighted by molar-refractivity contribution is 5.74. The van der Waals surface area contributed by atoms with Gasteiger partial charge >= 0.3 is 0 Å². The SMILES string of the molecule is Oc1ccc2nc(C34CCC(CC3)CC4)oc2c1. The Hall–Kier alpha value is -1.51. The van der Waals surface area contributed by atoms with Crippen LogP contribution in [0.25, 0.3) is 11.1 Å². The van der Waals surface area contributed by atoms with Crippen LogP contribution < -0.4 is 0 Å². The molecule has 0 amide bonds. The number of phenols is 1. The summed E-state index contributed by atoms with van der Waals surface area (Å²) in [6.07, 6.45) is 7.63. The van der Waals surface area contributed by atoms with Gasteiger partial charge in [-0.2, -0.15) is 0 Å². The Labute approximate surface area is 106 Å². The highest BCUT2D eigenvalue weighted by Crippen LogP contribution is 2.51. The molecule has 3 aliphatic rings. The van der Waals surface area contributed by atoms with E-state index < -0.39 is 0 Å².